The standard InChI is InChI=1S/C24H31NO2S.ClH/c1-2-26-23-11-17(5-6-22(23)27-16-21-4-3-7-28-21)15-25-24-12-18-8-19(13-24)10-20(9-18)14-24;/h3-7,11,18-20,25H,2,8-10,12-16H2,1H3;1H. The third-order valence-electron chi connectivity index (χ3n) is 6.96. The van der Waals surface area contributed by atoms with Crippen molar-refractivity contribution in [1.29, 1.82) is 0 Å². The minimum Gasteiger partial charge on any atom is -0.490 e. The van der Waals surface area contributed by atoms with Crippen LogP contribution in [0.3, 0.4) is 0 Å². The monoisotopic (exact) mass is 433 g/mol. The fourth-order valence-corrected chi connectivity index (χ4v) is 6.83. The van der Waals surface area contributed by atoms with Gasteiger partial charge in [-0.05, 0) is 92.3 Å². The van der Waals surface area contributed by atoms with Crippen LogP contribution in [0.1, 0.15) is 55.9 Å². The molecule has 1 N–H and O–H groups in total. The molecule has 4 aliphatic carbocycles. The number of nitrogens with one attached hydrogen (secondary N) is 1. The zero-order valence-electron chi connectivity index (χ0n) is 17.2. The van der Waals surface area contributed by atoms with Gasteiger partial charge in [0.1, 0.15) is 6.61 Å². The summed E-state index contributed by atoms with van der Waals surface area (Å²) in [5, 5.41) is 6.08. The van der Waals surface area contributed by atoms with E-state index in [2.05, 4.69) is 41.0 Å². The molecular weight excluding hydrogens is 402 g/mol. The first kappa shape index (κ1) is 21.0. The molecule has 2 aromatic rings. The van der Waals surface area contributed by atoms with Gasteiger partial charge < -0.3 is 14.8 Å². The van der Waals surface area contributed by atoms with Gasteiger partial charge in [-0.25, -0.2) is 0 Å². The Morgan fingerprint density at radius 2 is 1.72 bits per heavy atom. The Morgan fingerprint density at radius 1 is 1.00 bits per heavy atom. The maximum absolute atomic E-state index is 6.03. The van der Waals surface area contributed by atoms with E-state index in [4.69, 9.17) is 9.47 Å². The highest BCUT2D eigenvalue weighted by molar-refractivity contribution is 7.09. The topological polar surface area (TPSA) is 30.5 Å². The molecule has 0 saturated heterocycles. The molecule has 6 rings (SSSR count). The molecule has 3 nitrogen and oxygen atoms in total. The number of hydrogen-bond acceptors (Lipinski definition) is 4. The molecule has 4 aliphatic rings. The van der Waals surface area contributed by atoms with Gasteiger partial charge in [-0.3, -0.25) is 0 Å². The molecule has 4 fully saturated rings. The molecule has 4 bridgehead atoms. The molecule has 158 valence electrons. The number of ether oxygens (including phenoxy) is 2. The molecule has 0 radical (unpaired) electrons. The van der Waals surface area contributed by atoms with Crippen molar-refractivity contribution in [2.45, 2.75) is 64.1 Å². The molecule has 0 spiro atoms. The van der Waals surface area contributed by atoms with Crippen molar-refractivity contribution in [1.82, 2.24) is 5.32 Å². The van der Waals surface area contributed by atoms with E-state index in [0.29, 0.717) is 18.8 Å². The van der Waals surface area contributed by atoms with E-state index in [1.165, 1.54) is 49.0 Å². The van der Waals surface area contributed by atoms with E-state index in [1.807, 2.05) is 6.92 Å². The lowest BCUT2D eigenvalue weighted by Gasteiger charge is -2.57. The normalized spacial score (nSPS) is 29.5. The Bertz CT molecular complexity index is 772. The van der Waals surface area contributed by atoms with Gasteiger partial charge in [0.05, 0.1) is 6.61 Å². The average Bonchev–Trinajstić information content (AvgIpc) is 3.18. The van der Waals surface area contributed by atoms with E-state index in [-0.39, 0.29) is 12.4 Å². The van der Waals surface area contributed by atoms with E-state index in [9.17, 15) is 0 Å². The van der Waals surface area contributed by atoms with Gasteiger partial charge in [0, 0.05) is 17.0 Å². The van der Waals surface area contributed by atoms with Gasteiger partial charge in [-0.2, -0.15) is 0 Å². The largest absolute Gasteiger partial charge is 0.490 e. The lowest BCUT2D eigenvalue weighted by atomic mass is 9.53. The second-order valence-corrected chi connectivity index (χ2v) is 10.2. The van der Waals surface area contributed by atoms with E-state index in [0.717, 1.165) is 35.8 Å². The molecule has 0 atom stereocenters. The lowest BCUT2D eigenvalue weighted by molar-refractivity contribution is -0.0206. The van der Waals surface area contributed by atoms with Gasteiger partial charge in [-0.1, -0.05) is 12.1 Å². The molecule has 1 heterocycles. The van der Waals surface area contributed by atoms with Gasteiger partial charge in [-0.15, -0.1) is 23.7 Å². The zero-order chi connectivity index (χ0) is 19.0. The summed E-state index contributed by atoms with van der Waals surface area (Å²) in [4.78, 5) is 1.23. The minimum atomic E-state index is 0. The highest BCUT2D eigenvalue weighted by Gasteiger charge is 2.50. The number of rotatable bonds is 8. The Labute approximate surface area is 184 Å². The van der Waals surface area contributed by atoms with Crippen LogP contribution in [0, 0.1) is 17.8 Å². The van der Waals surface area contributed by atoms with Gasteiger partial charge in [0.2, 0.25) is 0 Å². The summed E-state index contributed by atoms with van der Waals surface area (Å²) in [7, 11) is 0. The average molecular weight is 434 g/mol. The van der Waals surface area contributed by atoms with Crippen LogP contribution in [0.4, 0.5) is 0 Å². The maximum Gasteiger partial charge on any atom is 0.161 e. The molecule has 5 heteroatoms. The van der Waals surface area contributed by atoms with Gasteiger partial charge in [0.25, 0.3) is 0 Å². The molecule has 0 aliphatic heterocycles. The van der Waals surface area contributed by atoms with Crippen molar-refractivity contribution in [3.63, 3.8) is 0 Å². The quantitative estimate of drug-likeness (QED) is 0.537. The molecule has 4 saturated carbocycles. The van der Waals surface area contributed by atoms with Crippen molar-refractivity contribution >= 4 is 23.7 Å². The third-order valence-corrected chi connectivity index (χ3v) is 7.81. The second-order valence-electron chi connectivity index (χ2n) is 9.13. The fraction of sp³-hybridized carbons (Fsp3) is 0.583. The maximum atomic E-state index is 6.03. The van der Waals surface area contributed by atoms with E-state index >= 15 is 0 Å². The van der Waals surface area contributed by atoms with E-state index < -0.39 is 0 Å². The number of thiophene rings is 1. The van der Waals surface area contributed by atoms with Crippen molar-refractivity contribution in [2.75, 3.05) is 6.61 Å². The lowest BCUT2D eigenvalue weighted by Crippen LogP contribution is -2.58. The molecule has 1 aromatic carbocycles. The van der Waals surface area contributed by atoms with Gasteiger partial charge >= 0.3 is 0 Å². The second kappa shape index (κ2) is 8.87. The first-order valence-corrected chi connectivity index (χ1v) is 11.8. The SMILES string of the molecule is CCOc1cc(CNC23CC4CC(CC(C4)C2)C3)ccc1OCc1cccs1.Cl. The summed E-state index contributed by atoms with van der Waals surface area (Å²) in [6, 6.07) is 10.6. The summed E-state index contributed by atoms with van der Waals surface area (Å²) in [5.74, 6) is 4.64. The van der Waals surface area contributed by atoms with Crippen molar-refractivity contribution in [2.24, 2.45) is 17.8 Å². The van der Waals surface area contributed by atoms with Crippen LogP contribution >= 0.6 is 23.7 Å². The summed E-state index contributed by atoms with van der Waals surface area (Å²) >= 11 is 1.72. The van der Waals surface area contributed by atoms with Crippen LogP contribution in [-0.4, -0.2) is 12.1 Å². The Kier molecular flexibility index (Phi) is 6.43. The highest BCUT2D eigenvalue weighted by atomic mass is 35.5. The van der Waals surface area contributed by atoms with Crippen LogP contribution in [-0.2, 0) is 13.2 Å². The van der Waals surface area contributed by atoms with Crippen molar-refractivity contribution in [3.8, 4) is 11.5 Å². The predicted octanol–water partition coefficient (Wildman–Crippen LogP) is 6.21. The molecule has 29 heavy (non-hydrogen) atoms. The predicted molar refractivity (Wildman–Crippen MR) is 121 cm³/mol. The first-order chi connectivity index (χ1) is 13.7. The summed E-state index contributed by atoms with van der Waals surface area (Å²) in [6.07, 6.45) is 8.64. The minimum absolute atomic E-state index is 0. The molecule has 0 amide bonds. The summed E-state index contributed by atoms with van der Waals surface area (Å²) in [5.41, 5.74) is 1.69. The number of benzene rings is 1. The molecule has 1 aromatic heterocycles. The Balaban J connectivity index is 0.00000205. The van der Waals surface area contributed by atoms with Crippen molar-refractivity contribution in [3.05, 3.63) is 46.2 Å². The van der Waals surface area contributed by atoms with E-state index in [1.54, 1.807) is 11.3 Å². The zero-order valence-corrected chi connectivity index (χ0v) is 18.8. The van der Waals surface area contributed by atoms with Gasteiger partial charge in [0.15, 0.2) is 11.5 Å². The first-order valence-electron chi connectivity index (χ1n) is 10.9. The summed E-state index contributed by atoms with van der Waals surface area (Å²) < 4.78 is 11.9. The molecular formula is C24H32ClNO2S. The third kappa shape index (κ3) is 4.60. The van der Waals surface area contributed by atoms with Crippen LogP contribution in [0.25, 0.3) is 0 Å². The highest BCUT2D eigenvalue weighted by Crippen LogP contribution is 2.55. The van der Waals surface area contributed by atoms with Crippen LogP contribution in [0.5, 0.6) is 11.5 Å². The van der Waals surface area contributed by atoms with Crippen LogP contribution in [0.2, 0.25) is 0 Å². The van der Waals surface area contributed by atoms with Crippen LogP contribution < -0.4 is 14.8 Å². The fourth-order valence-electron chi connectivity index (χ4n) is 6.21. The Morgan fingerprint density at radius 3 is 2.34 bits per heavy atom. The summed E-state index contributed by atoms with van der Waals surface area (Å²) in [6.45, 7) is 4.21. The Hall–Kier alpha value is -1.23. The smallest absolute Gasteiger partial charge is 0.161 e. The van der Waals surface area contributed by atoms with Crippen LogP contribution in [0.15, 0.2) is 35.7 Å². The molecule has 0 unspecified atom stereocenters. The van der Waals surface area contributed by atoms with Crippen molar-refractivity contribution < 1.29 is 9.47 Å². The number of hydrogen-bond donors (Lipinski definition) is 1. The number of halogens is 1.